The molecule has 0 aromatic rings. The average molecular weight is 222 g/mol. The number of halogens is 1. The molecule has 4 heteroatoms. The molecule has 2 nitrogen and oxygen atoms in total. The van der Waals surface area contributed by atoms with Gasteiger partial charge in [-0.2, -0.15) is 4.20 Å². The molecular formula is C10H20FO2P. The highest BCUT2D eigenvalue weighted by atomic mass is 31.2. The molecule has 84 valence electrons. The minimum atomic E-state index is -3.82. The van der Waals surface area contributed by atoms with Crippen molar-refractivity contribution in [3.05, 3.63) is 0 Å². The third-order valence-corrected chi connectivity index (χ3v) is 3.36. The maximum atomic E-state index is 12.9. The van der Waals surface area contributed by atoms with Crippen LogP contribution in [0.15, 0.2) is 0 Å². The van der Waals surface area contributed by atoms with Crippen molar-refractivity contribution in [2.45, 2.75) is 46.1 Å². The quantitative estimate of drug-likeness (QED) is 0.660. The molecule has 0 aromatic heterocycles. The van der Waals surface area contributed by atoms with E-state index in [9.17, 15) is 8.76 Å². The minimum Gasteiger partial charge on any atom is -0.302 e. The lowest BCUT2D eigenvalue weighted by atomic mass is 9.72. The van der Waals surface area contributed by atoms with Gasteiger partial charge < -0.3 is 4.52 Å². The fourth-order valence-corrected chi connectivity index (χ4v) is 3.30. The smallest absolute Gasteiger partial charge is 0.302 e. The summed E-state index contributed by atoms with van der Waals surface area (Å²) in [5.74, 6) is 0.523. The van der Waals surface area contributed by atoms with Gasteiger partial charge in [0.25, 0.3) is 0 Å². The van der Waals surface area contributed by atoms with Gasteiger partial charge in [-0.15, -0.1) is 0 Å². The molecule has 0 spiro atoms. The highest BCUT2D eigenvalue weighted by molar-refractivity contribution is 7.52. The van der Waals surface area contributed by atoms with E-state index < -0.39 is 7.68 Å². The fourth-order valence-electron chi connectivity index (χ4n) is 2.61. The highest BCUT2D eigenvalue weighted by Gasteiger charge is 2.35. The minimum absolute atomic E-state index is 0.172. The Bertz CT molecular complexity index is 247. The predicted octanol–water partition coefficient (Wildman–Crippen LogP) is 4.01. The summed E-state index contributed by atoms with van der Waals surface area (Å²) in [4.78, 5) is 0. The first-order valence-electron chi connectivity index (χ1n) is 5.13. The SMILES string of the molecule is CC1CC(OP(C)(=O)F)CC(C)(C)C1. The average Bonchev–Trinajstić information content (AvgIpc) is 1.74. The maximum absolute atomic E-state index is 12.9. The molecule has 0 heterocycles. The zero-order valence-corrected chi connectivity index (χ0v) is 10.3. The van der Waals surface area contributed by atoms with Crippen LogP contribution in [0.5, 0.6) is 0 Å². The monoisotopic (exact) mass is 222 g/mol. The Balaban J connectivity index is 2.59. The molecule has 0 saturated heterocycles. The number of rotatable bonds is 2. The van der Waals surface area contributed by atoms with Gasteiger partial charge in [0.15, 0.2) is 0 Å². The normalized spacial score (nSPS) is 36.4. The van der Waals surface area contributed by atoms with Crippen molar-refractivity contribution >= 4 is 7.68 Å². The first-order chi connectivity index (χ1) is 6.18. The summed E-state index contributed by atoms with van der Waals surface area (Å²) in [6.45, 7) is 7.48. The molecule has 3 atom stereocenters. The van der Waals surface area contributed by atoms with Crippen LogP contribution < -0.4 is 0 Å². The second-order valence-electron chi connectivity index (χ2n) is 5.39. The van der Waals surface area contributed by atoms with Gasteiger partial charge in [-0.3, -0.25) is 4.57 Å². The lowest BCUT2D eigenvalue weighted by Crippen LogP contribution is -2.31. The molecule has 0 bridgehead atoms. The van der Waals surface area contributed by atoms with Gasteiger partial charge >= 0.3 is 7.68 Å². The topological polar surface area (TPSA) is 26.3 Å². The van der Waals surface area contributed by atoms with Crippen molar-refractivity contribution < 1.29 is 13.3 Å². The second-order valence-corrected chi connectivity index (χ2v) is 7.09. The van der Waals surface area contributed by atoms with E-state index in [2.05, 4.69) is 20.8 Å². The van der Waals surface area contributed by atoms with E-state index in [4.69, 9.17) is 4.52 Å². The first-order valence-corrected chi connectivity index (χ1v) is 7.10. The lowest BCUT2D eigenvalue weighted by molar-refractivity contribution is 0.0540. The molecule has 14 heavy (non-hydrogen) atoms. The molecule has 0 aliphatic heterocycles. The van der Waals surface area contributed by atoms with Crippen LogP contribution in [0.25, 0.3) is 0 Å². The van der Waals surface area contributed by atoms with Gasteiger partial charge in [-0.25, -0.2) is 0 Å². The third kappa shape index (κ3) is 4.10. The van der Waals surface area contributed by atoms with Crippen LogP contribution in [0.1, 0.15) is 40.0 Å². The molecule has 0 radical (unpaired) electrons. The third-order valence-electron chi connectivity index (χ3n) is 2.68. The van der Waals surface area contributed by atoms with Crippen LogP contribution in [-0.4, -0.2) is 12.8 Å². The summed E-state index contributed by atoms with van der Waals surface area (Å²) in [5, 5.41) is 0. The molecule has 3 unspecified atom stereocenters. The predicted molar refractivity (Wildman–Crippen MR) is 56.3 cm³/mol. The van der Waals surface area contributed by atoms with Crippen molar-refractivity contribution in [2.24, 2.45) is 11.3 Å². The summed E-state index contributed by atoms with van der Waals surface area (Å²) < 4.78 is 28.8. The van der Waals surface area contributed by atoms with Crippen molar-refractivity contribution in [3.8, 4) is 0 Å². The van der Waals surface area contributed by atoms with E-state index in [1.807, 2.05) is 0 Å². The summed E-state index contributed by atoms with van der Waals surface area (Å²) >= 11 is 0. The Labute approximate surface area is 85.8 Å². The maximum Gasteiger partial charge on any atom is 0.364 e. The van der Waals surface area contributed by atoms with Crippen LogP contribution in [0.4, 0.5) is 4.20 Å². The largest absolute Gasteiger partial charge is 0.364 e. The van der Waals surface area contributed by atoms with E-state index in [1.54, 1.807) is 0 Å². The molecule has 0 aromatic carbocycles. The van der Waals surface area contributed by atoms with Crippen LogP contribution in [0.3, 0.4) is 0 Å². The molecular weight excluding hydrogens is 202 g/mol. The number of hydrogen-bond donors (Lipinski definition) is 0. The van der Waals surface area contributed by atoms with Gasteiger partial charge in [0, 0.05) is 6.66 Å². The zero-order valence-electron chi connectivity index (χ0n) is 9.42. The first kappa shape index (κ1) is 12.2. The lowest BCUT2D eigenvalue weighted by Gasteiger charge is -2.38. The second kappa shape index (κ2) is 3.94. The van der Waals surface area contributed by atoms with Crippen LogP contribution in [0.2, 0.25) is 0 Å². The summed E-state index contributed by atoms with van der Waals surface area (Å²) in [5.41, 5.74) is 0.178. The summed E-state index contributed by atoms with van der Waals surface area (Å²) in [6, 6.07) is 0. The Morgan fingerprint density at radius 3 is 2.43 bits per heavy atom. The van der Waals surface area contributed by atoms with Crippen molar-refractivity contribution in [1.82, 2.24) is 0 Å². The Morgan fingerprint density at radius 1 is 1.43 bits per heavy atom. The van der Waals surface area contributed by atoms with Crippen molar-refractivity contribution in [2.75, 3.05) is 6.66 Å². The molecule has 1 aliphatic rings. The standard InChI is InChI=1S/C10H20FO2P/c1-8-5-9(13-14(4,11)12)7-10(2,3)6-8/h8-9H,5-7H2,1-4H3. The molecule has 1 aliphatic carbocycles. The van der Waals surface area contributed by atoms with E-state index in [1.165, 1.54) is 0 Å². The Kier molecular flexibility index (Phi) is 3.43. The fraction of sp³-hybridized carbons (Fsp3) is 1.00. The van der Waals surface area contributed by atoms with Gasteiger partial charge in [0.2, 0.25) is 0 Å². The molecule has 0 N–H and O–H groups in total. The van der Waals surface area contributed by atoms with Gasteiger partial charge in [-0.1, -0.05) is 20.8 Å². The summed E-state index contributed by atoms with van der Waals surface area (Å²) in [6.07, 6.45) is 2.59. The molecule has 0 amide bonds. The summed E-state index contributed by atoms with van der Waals surface area (Å²) in [7, 11) is -3.82. The zero-order chi connectivity index (χ0) is 11.0. The van der Waals surface area contributed by atoms with Crippen LogP contribution in [0, 0.1) is 11.3 Å². The van der Waals surface area contributed by atoms with Crippen LogP contribution in [-0.2, 0) is 9.09 Å². The van der Waals surface area contributed by atoms with Gasteiger partial charge in [-0.05, 0) is 30.6 Å². The Hall–Kier alpha value is 0.120. The molecule has 1 rings (SSSR count). The number of hydrogen-bond acceptors (Lipinski definition) is 2. The van der Waals surface area contributed by atoms with E-state index in [-0.39, 0.29) is 11.5 Å². The van der Waals surface area contributed by atoms with E-state index in [0.29, 0.717) is 5.92 Å². The Morgan fingerprint density at radius 2 is 2.00 bits per heavy atom. The molecule has 1 fully saturated rings. The van der Waals surface area contributed by atoms with Crippen molar-refractivity contribution in [3.63, 3.8) is 0 Å². The van der Waals surface area contributed by atoms with E-state index >= 15 is 0 Å². The molecule has 1 saturated carbocycles. The van der Waals surface area contributed by atoms with Crippen LogP contribution >= 0.6 is 7.68 Å². The van der Waals surface area contributed by atoms with Crippen molar-refractivity contribution in [1.29, 1.82) is 0 Å². The van der Waals surface area contributed by atoms with Gasteiger partial charge in [0.05, 0.1) is 6.10 Å². The highest BCUT2D eigenvalue weighted by Crippen LogP contribution is 2.50. The van der Waals surface area contributed by atoms with E-state index in [0.717, 1.165) is 25.9 Å². The van der Waals surface area contributed by atoms with Gasteiger partial charge in [0.1, 0.15) is 0 Å².